The van der Waals surface area contributed by atoms with Crippen LogP contribution in [0.5, 0.6) is 0 Å². The fourth-order valence-corrected chi connectivity index (χ4v) is 1.67. The molecule has 1 heterocycles. The number of non-ortho nitro benzene ring substituents is 1. The predicted octanol–water partition coefficient (Wildman–Crippen LogP) is 2.08. The number of nitrogens with zero attached hydrogens (tertiary/aromatic N) is 2. The van der Waals surface area contributed by atoms with Gasteiger partial charge in [0, 0.05) is 12.1 Å². The van der Waals surface area contributed by atoms with Crippen LogP contribution in [0.1, 0.15) is 19.9 Å². The van der Waals surface area contributed by atoms with Gasteiger partial charge in [-0.05, 0) is 19.9 Å². The van der Waals surface area contributed by atoms with E-state index < -0.39 is 10.7 Å². The standard InChI is InChI=1S/C10H10N2O4/c1-6(2)11-7-4-3-5-8(12(14)15)9(7)16-10(11)13/h3-6H,1-2H3. The molecule has 6 heteroatoms. The molecule has 0 aliphatic carbocycles. The molecule has 1 aromatic heterocycles. The molecule has 0 bridgehead atoms. The van der Waals surface area contributed by atoms with Crippen LogP contribution >= 0.6 is 0 Å². The van der Waals surface area contributed by atoms with Gasteiger partial charge in [0.2, 0.25) is 5.58 Å². The van der Waals surface area contributed by atoms with Crippen LogP contribution in [0.3, 0.4) is 0 Å². The van der Waals surface area contributed by atoms with Crippen molar-refractivity contribution in [2.45, 2.75) is 19.9 Å². The van der Waals surface area contributed by atoms with Crippen LogP contribution in [-0.4, -0.2) is 9.49 Å². The third kappa shape index (κ3) is 1.39. The maximum absolute atomic E-state index is 11.5. The smallest absolute Gasteiger partial charge is 0.400 e. The summed E-state index contributed by atoms with van der Waals surface area (Å²) in [6.45, 7) is 3.63. The number of nitro groups is 1. The highest BCUT2D eigenvalue weighted by atomic mass is 16.6. The molecule has 0 saturated carbocycles. The molecule has 0 radical (unpaired) electrons. The Kier molecular flexibility index (Phi) is 2.26. The third-order valence-corrected chi connectivity index (χ3v) is 2.33. The van der Waals surface area contributed by atoms with Crippen molar-refractivity contribution in [1.82, 2.24) is 4.57 Å². The van der Waals surface area contributed by atoms with Gasteiger partial charge in [0.05, 0.1) is 10.4 Å². The highest BCUT2D eigenvalue weighted by Crippen LogP contribution is 2.25. The number of para-hydroxylation sites is 1. The van der Waals surface area contributed by atoms with E-state index >= 15 is 0 Å². The normalized spacial score (nSPS) is 11.2. The predicted molar refractivity (Wildman–Crippen MR) is 57.5 cm³/mol. The fraction of sp³-hybridized carbons (Fsp3) is 0.300. The van der Waals surface area contributed by atoms with Crippen molar-refractivity contribution in [2.24, 2.45) is 0 Å². The average molecular weight is 222 g/mol. The quantitative estimate of drug-likeness (QED) is 0.575. The van der Waals surface area contributed by atoms with Crippen molar-refractivity contribution in [3.63, 3.8) is 0 Å². The largest absolute Gasteiger partial charge is 0.420 e. The van der Waals surface area contributed by atoms with Crippen molar-refractivity contribution in [3.05, 3.63) is 38.9 Å². The van der Waals surface area contributed by atoms with Gasteiger partial charge in [-0.3, -0.25) is 14.7 Å². The molecule has 0 unspecified atom stereocenters. The monoisotopic (exact) mass is 222 g/mol. The van der Waals surface area contributed by atoms with E-state index in [9.17, 15) is 14.9 Å². The zero-order valence-electron chi connectivity index (χ0n) is 8.84. The van der Waals surface area contributed by atoms with E-state index in [2.05, 4.69) is 0 Å². The Bertz CT molecular complexity index is 609. The summed E-state index contributed by atoms with van der Waals surface area (Å²) in [5, 5.41) is 10.7. The summed E-state index contributed by atoms with van der Waals surface area (Å²) in [4.78, 5) is 21.7. The summed E-state index contributed by atoms with van der Waals surface area (Å²) < 4.78 is 6.31. The van der Waals surface area contributed by atoms with Gasteiger partial charge in [-0.15, -0.1) is 0 Å². The van der Waals surface area contributed by atoms with Crippen LogP contribution in [0.25, 0.3) is 11.1 Å². The van der Waals surface area contributed by atoms with E-state index in [0.29, 0.717) is 5.52 Å². The van der Waals surface area contributed by atoms with Crippen LogP contribution in [0.4, 0.5) is 5.69 Å². The number of nitro benzene ring substituents is 1. The van der Waals surface area contributed by atoms with Crippen molar-refractivity contribution in [3.8, 4) is 0 Å². The zero-order valence-corrected chi connectivity index (χ0v) is 8.84. The van der Waals surface area contributed by atoms with Crippen molar-refractivity contribution < 1.29 is 9.34 Å². The van der Waals surface area contributed by atoms with E-state index in [1.807, 2.05) is 13.8 Å². The first kappa shape index (κ1) is 10.4. The fourth-order valence-electron chi connectivity index (χ4n) is 1.67. The molecule has 16 heavy (non-hydrogen) atoms. The second kappa shape index (κ2) is 3.48. The van der Waals surface area contributed by atoms with Crippen LogP contribution in [0, 0.1) is 10.1 Å². The zero-order chi connectivity index (χ0) is 11.9. The lowest BCUT2D eigenvalue weighted by Crippen LogP contribution is -2.15. The Morgan fingerprint density at radius 3 is 2.69 bits per heavy atom. The van der Waals surface area contributed by atoms with Gasteiger partial charge in [-0.2, -0.15) is 0 Å². The van der Waals surface area contributed by atoms with Gasteiger partial charge in [-0.25, -0.2) is 4.79 Å². The summed E-state index contributed by atoms with van der Waals surface area (Å²) in [5.74, 6) is -0.570. The lowest BCUT2D eigenvalue weighted by molar-refractivity contribution is -0.383. The van der Waals surface area contributed by atoms with Crippen molar-refractivity contribution in [1.29, 1.82) is 0 Å². The summed E-state index contributed by atoms with van der Waals surface area (Å²) >= 11 is 0. The highest BCUT2D eigenvalue weighted by molar-refractivity contribution is 5.82. The van der Waals surface area contributed by atoms with E-state index in [0.717, 1.165) is 0 Å². The van der Waals surface area contributed by atoms with Gasteiger partial charge in [-0.1, -0.05) is 6.07 Å². The minimum Gasteiger partial charge on any atom is -0.400 e. The number of hydrogen-bond donors (Lipinski definition) is 0. The second-order valence-corrected chi connectivity index (χ2v) is 3.71. The Morgan fingerprint density at radius 1 is 1.44 bits per heavy atom. The van der Waals surface area contributed by atoms with Gasteiger partial charge in [0.15, 0.2) is 0 Å². The highest BCUT2D eigenvalue weighted by Gasteiger charge is 2.20. The first-order chi connectivity index (χ1) is 7.52. The maximum atomic E-state index is 11.5. The molecule has 0 N–H and O–H groups in total. The van der Waals surface area contributed by atoms with Crippen molar-refractivity contribution in [2.75, 3.05) is 0 Å². The molecule has 2 rings (SSSR count). The molecular formula is C10H10N2O4. The summed E-state index contributed by atoms with van der Waals surface area (Å²) in [5.41, 5.74) is 0.300. The first-order valence-electron chi connectivity index (χ1n) is 4.81. The average Bonchev–Trinajstić information content (AvgIpc) is 2.52. The Hall–Kier alpha value is -2.11. The lowest BCUT2D eigenvalue weighted by Gasteiger charge is -2.04. The molecule has 84 valence electrons. The number of hydrogen-bond acceptors (Lipinski definition) is 4. The van der Waals surface area contributed by atoms with Crippen LogP contribution in [0.15, 0.2) is 27.4 Å². The van der Waals surface area contributed by atoms with Gasteiger partial charge in [0.25, 0.3) is 0 Å². The lowest BCUT2D eigenvalue weighted by atomic mass is 10.2. The molecule has 6 nitrogen and oxygen atoms in total. The van der Waals surface area contributed by atoms with E-state index in [4.69, 9.17) is 4.42 Å². The van der Waals surface area contributed by atoms with Gasteiger partial charge < -0.3 is 4.42 Å². The minimum atomic E-state index is -0.570. The summed E-state index contributed by atoms with van der Waals surface area (Å²) in [7, 11) is 0. The van der Waals surface area contributed by atoms with Crippen LogP contribution < -0.4 is 5.76 Å². The van der Waals surface area contributed by atoms with Crippen molar-refractivity contribution >= 4 is 16.8 Å². The molecule has 1 aromatic carbocycles. The number of fused-ring (bicyclic) bond motifs is 1. The van der Waals surface area contributed by atoms with E-state index in [1.54, 1.807) is 6.07 Å². The SMILES string of the molecule is CC(C)n1c(=O)oc2c([N+](=O)[O-])cccc21. The van der Waals surface area contributed by atoms with Gasteiger partial charge in [0.1, 0.15) is 0 Å². The summed E-state index contributed by atoms with van der Waals surface area (Å²) in [6.07, 6.45) is 0. The molecule has 0 saturated heterocycles. The number of benzene rings is 1. The molecule has 0 spiro atoms. The minimum absolute atomic E-state index is 0.0335. The second-order valence-electron chi connectivity index (χ2n) is 3.71. The topological polar surface area (TPSA) is 78.3 Å². The third-order valence-electron chi connectivity index (χ3n) is 2.33. The van der Waals surface area contributed by atoms with Gasteiger partial charge >= 0.3 is 11.4 Å². The van der Waals surface area contributed by atoms with Crippen LogP contribution in [-0.2, 0) is 0 Å². The Morgan fingerprint density at radius 2 is 2.12 bits per heavy atom. The molecule has 0 aliphatic rings. The number of aromatic nitrogens is 1. The van der Waals surface area contributed by atoms with Crippen LogP contribution in [0.2, 0.25) is 0 Å². The maximum Gasteiger partial charge on any atom is 0.420 e. The summed E-state index contributed by atoms with van der Waals surface area (Å²) in [6, 6.07) is 4.38. The molecule has 0 atom stereocenters. The molecule has 0 amide bonds. The Balaban J connectivity index is 2.88. The molecular weight excluding hydrogens is 212 g/mol. The molecule has 0 fully saturated rings. The van der Waals surface area contributed by atoms with E-state index in [-0.39, 0.29) is 17.3 Å². The molecule has 0 aliphatic heterocycles. The van der Waals surface area contributed by atoms with E-state index in [1.165, 1.54) is 16.7 Å². The Labute approximate surface area is 90.2 Å². The molecule has 2 aromatic rings. The number of oxazole rings is 1. The first-order valence-corrected chi connectivity index (χ1v) is 4.81. The number of rotatable bonds is 2.